The Hall–Kier alpha value is -1.42. The van der Waals surface area contributed by atoms with E-state index in [1.165, 1.54) is 6.07 Å². The van der Waals surface area contributed by atoms with Crippen molar-refractivity contribution >= 4 is 5.91 Å². The Bertz CT molecular complexity index is 447. The Labute approximate surface area is 107 Å². The quantitative estimate of drug-likeness (QED) is 0.841. The summed E-state index contributed by atoms with van der Waals surface area (Å²) in [7, 11) is 0. The topological polar surface area (TPSA) is 41.1 Å². The Morgan fingerprint density at radius 2 is 2.28 bits per heavy atom. The molecule has 1 aliphatic heterocycles. The molecular weight excluding hydrogens is 231 g/mol. The van der Waals surface area contributed by atoms with Gasteiger partial charge in [0.15, 0.2) is 0 Å². The zero-order valence-corrected chi connectivity index (χ0v) is 10.8. The Morgan fingerprint density at radius 3 is 2.94 bits per heavy atom. The first kappa shape index (κ1) is 13.0. The monoisotopic (exact) mass is 250 g/mol. The van der Waals surface area contributed by atoms with Crippen LogP contribution >= 0.6 is 0 Å². The average molecular weight is 250 g/mol. The molecule has 0 bridgehead atoms. The van der Waals surface area contributed by atoms with Gasteiger partial charge in [-0.3, -0.25) is 4.79 Å². The van der Waals surface area contributed by atoms with Crippen molar-refractivity contribution in [3.63, 3.8) is 0 Å². The van der Waals surface area contributed by atoms with E-state index in [4.69, 9.17) is 0 Å². The molecule has 0 aromatic heterocycles. The number of benzene rings is 1. The fourth-order valence-corrected chi connectivity index (χ4v) is 2.23. The summed E-state index contributed by atoms with van der Waals surface area (Å²) in [6.45, 7) is 5.64. The molecule has 0 radical (unpaired) electrons. The number of carbonyl (C=O) groups excluding carboxylic acids is 1. The van der Waals surface area contributed by atoms with E-state index in [1.807, 2.05) is 0 Å². The maximum absolute atomic E-state index is 13.7. The number of nitrogens with one attached hydrogen (secondary N) is 2. The second-order valence-electron chi connectivity index (χ2n) is 5.03. The molecule has 1 aromatic carbocycles. The summed E-state index contributed by atoms with van der Waals surface area (Å²) in [6, 6.07) is 4.76. The van der Waals surface area contributed by atoms with Crippen molar-refractivity contribution in [3.05, 3.63) is 35.1 Å². The van der Waals surface area contributed by atoms with E-state index in [-0.39, 0.29) is 17.5 Å². The largest absolute Gasteiger partial charge is 0.348 e. The number of hydrogen-bond donors (Lipinski definition) is 2. The smallest absolute Gasteiger partial charge is 0.254 e. The van der Waals surface area contributed by atoms with Crippen LogP contribution in [0, 0.1) is 18.7 Å². The number of rotatable bonds is 2. The fraction of sp³-hybridized carbons (Fsp3) is 0.500. The van der Waals surface area contributed by atoms with Gasteiger partial charge < -0.3 is 10.6 Å². The van der Waals surface area contributed by atoms with Crippen LogP contribution in [0.4, 0.5) is 4.39 Å². The molecule has 2 unspecified atom stereocenters. The van der Waals surface area contributed by atoms with Gasteiger partial charge in [0.2, 0.25) is 0 Å². The number of amides is 1. The number of hydrogen-bond acceptors (Lipinski definition) is 2. The van der Waals surface area contributed by atoms with Crippen LogP contribution < -0.4 is 10.6 Å². The molecule has 1 aliphatic rings. The minimum absolute atomic E-state index is 0.0759. The molecule has 4 heteroatoms. The number of carbonyl (C=O) groups is 1. The van der Waals surface area contributed by atoms with Crippen molar-refractivity contribution in [1.29, 1.82) is 0 Å². The summed E-state index contributed by atoms with van der Waals surface area (Å²) < 4.78 is 13.7. The van der Waals surface area contributed by atoms with Gasteiger partial charge in [-0.2, -0.15) is 0 Å². The standard InChI is InChI=1S/C14H19FN2O/c1-9-3-4-11(12(15)7-9)14(18)17-13-8-16-6-5-10(13)2/h3-4,7,10,13,16H,5-6,8H2,1-2H3,(H,17,18). The third-order valence-electron chi connectivity index (χ3n) is 3.51. The summed E-state index contributed by atoms with van der Waals surface area (Å²) in [5, 5.41) is 6.14. The van der Waals surface area contributed by atoms with Crippen LogP contribution in [0.1, 0.15) is 29.3 Å². The van der Waals surface area contributed by atoms with Crippen molar-refractivity contribution < 1.29 is 9.18 Å². The van der Waals surface area contributed by atoms with Gasteiger partial charge in [0, 0.05) is 12.6 Å². The molecule has 1 heterocycles. The van der Waals surface area contributed by atoms with Crippen molar-refractivity contribution in [2.24, 2.45) is 5.92 Å². The molecular formula is C14H19FN2O. The maximum Gasteiger partial charge on any atom is 0.254 e. The van der Waals surface area contributed by atoms with Gasteiger partial charge in [-0.05, 0) is 43.5 Å². The predicted molar refractivity (Wildman–Crippen MR) is 69.0 cm³/mol. The van der Waals surface area contributed by atoms with Gasteiger partial charge >= 0.3 is 0 Å². The van der Waals surface area contributed by atoms with Gasteiger partial charge in [0.05, 0.1) is 5.56 Å². The maximum atomic E-state index is 13.7. The lowest BCUT2D eigenvalue weighted by Crippen LogP contribution is -2.50. The van der Waals surface area contributed by atoms with Crippen molar-refractivity contribution in [1.82, 2.24) is 10.6 Å². The molecule has 1 amide bonds. The zero-order valence-electron chi connectivity index (χ0n) is 10.8. The highest BCUT2D eigenvalue weighted by molar-refractivity contribution is 5.94. The van der Waals surface area contributed by atoms with Crippen molar-refractivity contribution in [3.8, 4) is 0 Å². The summed E-state index contributed by atoms with van der Waals surface area (Å²) >= 11 is 0. The van der Waals surface area contributed by atoms with Gasteiger partial charge in [-0.25, -0.2) is 4.39 Å². The SMILES string of the molecule is Cc1ccc(C(=O)NC2CNCCC2C)c(F)c1. The molecule has 2 rings (SSSR count). The predicted octanol–water partition coefficient (Wildman–Crippen LogP) is 1.86. The van der Waals surface area contributed by atoms with Gasteiger partial charge in [-0.1, -0.05) is 13.0 Å². The molecule has 1 saturated heterocycles. The molecule has 3 nitrogen and oxygen atoms in total. The van der Waals surface area contributed by atoms with E-state index in [9.17, 15) is 9.18 Å². The van der Waals surface area contributed by atoms with Crippen LogP contribution in [0.15, 0.2) is 18.2 Å². The van der Waals surface area contributed by atoms with E-state index in [1.54, 1.807) is 19.1 Å². The van der Waals surface area contributed by atoms with Crippen molar-refractivity contribution in [2.45, 2.75) is 26.3 Å². The zero-order chi connectivity index (χ0) is 13.1. The molecule has 98 valence electrons. The summed E-state index contributed by atoms with van der Waals surface area (Å²) in [5.41, 5.74) is 0.940. The summed E-state index contributed by atoms with van der Waals surface area (Å²) in [4.78, 5) is 12.0. The van der Waals surface area contributed by atoms with Crippen LogP contribution in [0.2, 0.25) is 0 Å². The molecule has 18 heavy (non-hydrogen) atoms. The number of halogens is 1. The number of piperidine rings is 1. The second-order valence-corrected chi connectivity index (χ2v) is 5.03. The summed E-state index contributed by atoms with van der Waals surface area (Å²) in [5.74, 6) is -0.360. The minimum atomic E-state index is -0.455. The molecule has 0 saturated carbocycles. The van der Waals surface area contributed by atoms with E-state index >= 15 is 0 Å². The Balaban J connectivity index is 2.07. The average Bonchev–Trinajstić information content (AvgIpc) is 2.32. The Morgan fingerprint density at radius 1 is 1.50 bits per heavy atom. The lowest BCUT2D eigenvalue weighted by Gasteiger charge is -2.30. The second kappa shape index (κ2) is 5.48. The molecule has 1 aromatic rings. The highest BCUT2D eigenvalue weighted by atomic mass is 19.1. The first-order chi connectivity index (χ1) is 8.58. The number of aryl methyl sites for hydroxylation is 1. The van der Waals surface area contributed by atoms with Crippen LogP contribution in [0.25, 0.3) is 0 Å². The van der Waals surface area contributed by atoms with Crippen molar-refractivity contribution in [2.75, 3.05) is 13.1 Å². The molecule has 2 N–H and O–H groups in total. The highest BCUT2D eigenvalue weighted by Crippen LogP contribution is 2.14. The molecule has 1 fully saturated rings. The van der Waals surface area contributed by atoms with Crippen LogP contribution in [0.3, 0.4) is 0 Å². The summed E-state index contributed by atoms with van der Waals surface area (Å²) in [6.07, 6.45) is 1.03. The van der Waals surface area contributed by atoms with E-state index in [0.29, 0.717) is 5.92 Å². The first-order valence-corrected chi connectivity index (χ1v) is 6.35. The normalized spacial score (nSPS) is 23.7. The third kappa shape index (κ3) is 2.88. The third-order valence-corrected chi connectivity index (χ3v) is 3.51. The van der Waals surface area contributed by atoms with E-state index in [0.717, 1.165) is 25.1 Å². The van der Waals surface area contributed by atoms with Gasteiger partial charge in [-0.15, -0.1) is 0 Å². The highest BCUT2D eigenvalue weighted by Gasteiger charge is 2.23. The first-order valence-electron chi connectivity index (χ1n) is 6.35. The molecule has 2 atom stereocenters. The van der Waals surface area contributed by atoms with E-state index < -0.39 is 5.82 Å². The minimum Gasteiger partial charge on any atom is -0.348 e. The molecule has 0 spiro atoms. The molecule has 0 aliphatic carbocycles. The van der Waals surface area contributed by atoms with Gasteiger partial charge in [0.25, 0.3) is 5.91 Å². The van der Waals surface area contributed by atoms with Crippen LogP contribution in [0.5, 0.6) is 0 Å². The lowest BCUT2D eigenvalue weighted by molar-refractivity contribution is 0.0911. The van der Waals surface area contributed by atoms with Crippen LogP contribution in [-0.4, -0.2) is 25.0 Å². The van der Waals surface area contributed by atoms with Crippen LogP contribution in [-0.2, 0) is 0 Å². The van der Waals surface area contributed by atoms with Gasteiger partial charge in [0.1, 0.15) is 5.82 Å². The van der Waals surface area contributed by atoms with E-state index in [2.05, 4.69) is 17.6 Å². The fourth-order valence-electron chi connectivity index (χ4n) is 2.23. The lowest BCUT2D eigenvalue weighted by atomic mass is 9.94. The Kier molecular flexibility index (Phi) is 3.97.